The summed E-state index contributed by atoms with van der Waals surface area (Å²) in [7, 11) is 1.65. The SMILES string of the molecule is CN=Cc1cc(-c2ncc3cc(C4(O)CC5(CC(F)(F)C5)C4)sc3n2)cnc1N. The molecular formula is C20H19F2N5OS. The Hall–Kier alpha value is -2.52. The van der Waals surface area contributed by atoms with Crippen molar-refractivity contribution in [2.45, 2.75) is 37.2 Å². The summed E-state index contributed by atoms with van der Waals surface area (Å²) < 4.78 is 26.5. The van der Waals surface area contributed by atoms with E-state index in [-0.39, 0.29) is 12.8 Å². The second-order valence-corrected chi connectivity index (χ2v) is 9.28. The summed E-state index contributed by atoms with van der Waals surface area (Å²) in [5.41, 5.74) is 5.80. The molecule has 3 N–H and O–H groups in total. The van der Waals surface area contributed by atoms with Gasteiger partial charge in [0.2, 0.25) is 5.92 Å². The van der Waals surface area contributed by atoms with Crippen LogP contribution >= 0.6 is 11.3 Å². The number of pyridine rings is 1. The van der Waals surface area contributed by atoms with Crippen molar-refractivity contribution < 1.29 is 13.9 Å². The van der Waals surface area contributed by atoms with Gasteiger partial charge in [-0.3, -0.25) is 4.99 Å². The normalized spacial score (nSPS) is 21.4. The fraction of sp³-hybridized carbons (Fsp3) is 0.400. The molecule has 5 rings (SSSR count). The summed E-state index contributed by atoms with van der Waals surface area (Å²) >= 11 is 1.38. The highest BCUT2D eigenvalue weighted by atomic mass is 32.1. The molecule has 6 nitrogen and oxygen atoms in total. The van der Waals surface area contributed by atoms with Gasteiger partial charge in [-0.25, -0.2) is 23.7 Å². The van der Waals surface area contributed by atoms with Gasteiger partial charge in [0.15, 0.2) is 5.82 Å². The molecule has 2 aliphatic carbocycles. The van der Waals surface area contributed by atoms with E-state index in [0.29, 0.717) is 35.6 Å². The number of rotatable bonds is 3. The Morgan fingerprint density at radius 3 is 2.62 bits per heavy atom. The van der Waals surface area contributed by atoms with Gasteiger partial charge in [0, 0.05) is 59.9 Å². The first-order valence-corrected chi connectivity index (χ1v) is 10.1. The second kappa shape index (κ2) is 5.99. The summed E-state index contributed by atoms with van der Waals surface area (Å²) in [6.45, 7) is 0. The maximum Gasteiger partial charge on any atom is 0.249 e. The lowest BCUT2D eigenvalue weighted by Gasteiger charge is -2.60. The Morgan fingerprint density at radius 2 is 1.93 bits per heavy atom. The van der Waals surface area contributed by atoms with Crippen LogP contribution in [-0.4, -0.2) is 39.2 Å². The van der Waals surface area contributed by atoms with Gasteiger partial charge in [0.05, 0.1) is 5.60 Å². The van der Waals surface area contributed by atoms with Crippen molar-refractivity contribution in [3.05, 3.63) is 35.0 Å². The van der Waals surface area contributed by atoms with Gasteiger partial charge in [-0.1, -0.05) is 0 Å². The number of fused-ring (bicyclic) bond motifs is 1. The predicted octanol–water partition coefficient (Wildman–Crippen LogP) is 3.78. The van der Waals surface area contributed by atoms with Crippen LogP contribution in [0.4, 0.5) is 14.6 Å². The molecule has 9 heteroatoms. The molecule has 0 bridgehead atoms. The number of thiophene rings is 1. The number of alkyl halides is 2. The lowest BCUT2D eigenvalue weighted by molar-refractivity contribution is -0.255. The molecule has 0 unspecified atom stereocenters. The molecule has 0 aromatic carbocycles. The summed E-state index contributed by atoms with van der Waals surface area (Å²) in [4.78, 5) is 18.7. The van der Waals surface area contributed by atoms with E-state index >= 15 is 0 Å². The number of halogens is 2. The number of hydrogen-bond acceptors (Lipinski definition) is 7. The summed E-state index contributed by atoms with van der Waals surface area (Å²) in [6.07, 6.45) is 5.46. The minimum Gasteiger partial charge on any atom is -0.384 e. The Labute approximate surface area is 169 Å². The average Bonchev–Trinajstić information content (AvgIpc) is 3.04. The molecule has 0 amide bonds. The molecule has 3 aromatic rings. The molecular weight excluding hydrogens is 396 g/mol. The van der Waals surface area contributed by atoms with Crippen LogP contribution in [0.1, 0.15) is 36.1 Å². The van der Waals surface area contributed by atoms with Crippen LogP contribution in [0.3, 0.4) is 0 Å². The number of nitrogens with two attached hydrogens (primary N) is 1. The van der Waals surface area contributed by atoms with Crippen LogP contribution in [0.15, 0.2) is 29.5 Å². The van der Waals surface area contributed by atoms with Gasteiger partial charge in [0.25, 0.3) is 0 Å². The number of nitrogen functional groups attached to an aromatic ring is 1. The highest BCUT2D eigenvalue weighted by Gasteiger charge is 2.67. The third-order valence-electron chi connectivity index (χ3n) is 5.81. The molecule has 3 heterocycles. The van der Waals surface area contributed by atoms with E-state index in [1.165, 1.54) is 11.3 Å². The van der Waals surface area contributed by atoms with E-state index in [0.717, 1.165) is 15.1 Å². The molecule has 2 saturated carbocycles. The number of anilines is 1. The van der Waals surface area contributed by atoms with Crippen molar-refractivity contribution in [1.29, 1.82) is 0 Å². The van der Waals surface area contributed by atoms with Gasteiger partial charge in [0.1, 0.15) is 10.6 Å². The maximum absolute atomic E-state index is 13.3. The van der Waals surface area contributed by atoms with Crippen molar-refractivity contribution in [3.8, 4) is 11.4 Å². The molecule has 150 valence electrons. The zero-order valence-corrected chi connectivity index (χ0v) is 16.5. The summed E-state index contributed by atoms with van der Waals surface area (Å²) in [6, 6.07) is 3.69. The molecule has 3 aromatic heterocycles. The lowest BCUT2D eigenvalue weighted by Crippen LogP contribution is -2.59. The lowest BCUT2D eigenvalue weighted by atomic mass is 9.48. The first-order chi connectivity index (χ1) is 13.7. The monoisotopic (exact) mass is 415 g/mol. The summed E-state index contributed by atoms with van der Waals surface area (Å²) in [5, 5.41) is 11.8. The number of aliphatic imine (C=N–C) groups is 1. The van der Waals surface area contributed by atoms with E-state index in [9.17, 15) is 13.9 Å². The minimum absolute atomic E-state index is 0.120. The highest BCUT2D eigenvalue weighted by molar-refractivity contribution is 7.18. The van der Waals surface area contributed by atoms with Crippen molar-refractivity contribution in [1.82, 2.24) is 15.0 Å². The Morgan fingerprint density at radius 1 is 1.17 bits per heavy atom. The van der Waals surface area contributed by atoms with Gasteiger partial charge < -0.3 is 10.8 Å². The van der Waals surface area contributed by atoms with E-state index in [2.05, 4.69) is 19.9 Å². The zero-order valence-electron chi connectivity index (χ0n) is 15.7. The van der Waals surface area contributed by atoms with Crippen LogP contribution in [0.25, 0.3) is 21.6 Å². The number of nitrogens with zero attached hydrogens (tertiary/aromatic N) is 4. The summed E-state index contributed by atoms with van der Waals surface area (Å²) in [5.74, 6) is -1.70. The molecule has 2 aliphatic rings. The zero-order chi connectivity index (χ0) is 20.4. The Bertz CT molecular complexity index is 1140. The van der Waals surface area contributed by atoms with Crippen LogP contribution in [-0.2, 0) is 5.60 Å². The molecule has 29 heavy (non-hydrogen) atoms. The van der Waals surface area contributed by atoms with Crippen LogP contribution in [0.2, 0.25) is 0 Å². The van der Waals surface area contributed by atoms with Crippen LogP contribution in [0.5, 0.6) is 0 Å². The molecule has 0 aliphatic heterocycles. The fourth-order valence-electron chi connectivity index (χ4n) is 4.72. The van der Waals surface area contributed by atoms with Crippen molar-refractivity contribution in [2.75, 3.05) is 12.8 Å². The van der Waals surface area contributed by atoms with E-state index < -0.39 is 16.9 Å². The standard InChI is InChI=1S/C20H19F2N5OS/c1-24-4-11-2-12(5-25-15(11)23)16-26-6-13-3-14(29-17(13)27-16)19(28)7-18(8-19)9-20(21,22)10-18/h2-6,28H,7-10H2,1H3,(H2,23,25). The van der Waals surface area contributed by atoms with E-state index in [1.807, 2.05) is 12.1 Å². The highest BCUT2D eigenvalue weighted by Crippen LogP contribution is 2.68. The van der Waals surface area contributed by atoms with Gasteiger partial charge >= 0.3 is 0 Å². The average molecular weight is 415 g/mol. The molecule has 0 saturated heterocycles. The van der Waals surface area contributed by atoms with E-state index in [4.69, 9.17) is 5.73 Å². The smallest absolute Gasteiger partial charge is 0.249 e. The third-order valence-corrected chi connectivity index (χ3v) is 7.05. The van der Waals surface area contributed by atoms with E-state index in [1.54, 1.807) is 25.7 Å². The van der Waals surface area contributed by atoms with Gasteiger partial charge in [-0.2, -0.15) is 0 Å². The van der Waals surface area contributed by atoms with Crippen molar-refractivity contribution in [3.63, 3.8) is 0 Å². The quantitative estimate of drug-likeness (QED) is 0.635. The number of aliphatic hydroxyl groups is 1. The predicted molar refractivity (Wildman–Crippen MR) is 108 cm³/mol. The Kier molecular flexibility index (Phi) is 3.82. The van der Waals surface area contributed by atoms with Gasteiger partial charge in [-0.15, -0.1) is 11.3 Å². The third kappa shape index (κ3) is 3.00. The largest absolute Gasteiger partial charge is 0.384 e. The second-order valence-electron chi connectivity index (χ2n) is 8.25. The molecule has 2 fully saturated rings. The molecule has 0 atom stereocenters. The fourth-order valence-corrected chi connectivity index (χ4v) is 5.81. The first-order valence-electron chi connectivity index (χ1n) is 9.26. The minimum atomic E-state index is -2.57. The number of hydrogen-bond donors (Lipinski definition) is 2. The van der Waals surface area contributed by atoms with Crippen molar-refractivity contribution >= 4 is 33.6 Å². The first kappa shape index (κ1) is 18.5. The molecule has 0 radical (unpaired) electrons. The maximum atomic E-state index is 13.3. The van der Waals surface area contributed by atoms with Crippen LogP contribution < -0.4 is 5.73 Å². The van der Waals surface area contributed by atoms with Crippen LogP contribution in [0, 0.1) is 5.41 Å². The van der Waals surface area contributed by atoms with Gasteiger partial charge in [-0.05, 0) is 30.4 Å². The molecule has 1 spiro atoms. The topological polar surface area (TPSA) is 97.3 Å². The number of aromatic nitrogens is 3. The van der Waals surface area contributed by atoms with Crippen molar-refractivity contribution in [2.24, 2.45) is 10.4 Å². The Balaban J connectivity index is 1.44.